The number of benzene rings is 2. The highest BCUT2D eigenvalue weighted by atomic mass is 16.5. The Kier molecular flexibility index (Phi) is 4.34. The standard InChI is InChI=1S/C18H15N3O3/c1-23-12-6-8-13(9-7-12)24-11-17(22)14(10-19)18-20-15-4-2-3-5-16(15)21-18/h2-9,22H,11H2,1H3,(H,20,21). The Bertz CT molecular complexity index is 888. The fraction of sp³-hybridized carbons (Fsp3) is 0.111. The van der Waals surface area contributed by atoms with Crippen LogP contribution in [-0.4, -0.2) is 28.8 Å². The number of imidazole rings is 1. The van der Waals surface area contributed by atoms with Crippen LogP contribution in [0, 0.1) is 11.3 Å². The normalized spacial score (nSPS) is 11.7. The largest absolute Gasteiger partial charge is 0.507 e. The van der Waals surface area contributed by atoms with Crippen LogP contribution in [0.3, 0.4) is 0 Å². The topological polar surface area (TPSA) is 91.2 Å². The average molecular weight is 321 g/mol. The van der Waals surface area contributed by atoms with Gasteiger partial charge in [0.2, 0.25) is 0 Å². The number of hydrogen-bond donors (Lipinski definition) is 2. The van der Waals surface area contributed by atoms with E-state index in [-0.39, 0.29) is 17.9 Å². The molecule has 0 aliphatic carbocycles. The van der Waals surface area contributed by atoms with Crippen molar-refractivity contribution in [2.75, 3.05) is 13.7 Å². The van der Waals surface area contributed by atoms with Gasteiger partial charge < -0.3 is 19.6 Å². The molecule has 2 N–H and O–H groups in total. The molecule has 0 bridgehead atoms. The van der Waals surface area contributed by atoms with E-state index < -0.39 is 0 Å². The number of H-pyrrole nitrogens is 1. The zero-order chi connectivity index (χ0) is 16.9. The number of aliphatic hydroxyl groups excluding tert-OH is 1. The summed E-state index contributed by atoms with van der Waals surface area (Å²) in [4.78, 5) is 7.33. The first-order valence-corrected chi connectivity index (χ1v) is 7.25. The van der Waals surface area contributed by atoms with Crippen LogP contribution >= 0.6 is 0 Å². The maximum Gasteiger partial charge on any atom is 0.152 e. The van der Waals surface area contributed by atoms with Gasteiger partial charge in [0.05, 0.1) is 18.1 Å². The van der Waals surface area contributed by atoms with E-state index in [4.69, 9.17) is 9.47 Å². The van der Waals surface area contributed by atoms with Crippen molar-refractivity contribution in [1.82, 2.24) is 9.97 Å². The molecule has 0 aliphatic heterocycles. The number of methoxy groups -OCH3 is 1. The predicted molar refractivity (Wildman–Crippen MR) is 89.7 cm³/mol. The van der Waals surface area contributed by atoms with Gasteiger partial charge >= 0.3 is 0 Å². The van der Waals surface area contributed by atoms with Gasteiger partial charge in [-0.3, -0.25) is 0 Å². The molecule has 120 valence electrons. The van der Waals surface area contributed by atoms with Crippen molar-refractivity contribution in [2.45, 2.75) is 0 Å². The van der Waals surface area contributed by atoms with Gasteiger partial charge in [-0.2, -0.15) is 5.26 Å². The molecular weight excluding hydrogens is 306 g/mol. The summed E-state index contributed by atoms with van der Waals surface area (Å²) in [7, 11) is 1.58. The summed E-state index contributed by atoms with van der Waals surface area (Å²) in [6.45, 7) is -0.133. The molecule has 0 spiro atoms. The summed E-state index contributed by atoms with van der Waals surface area (Å²) in [5.41, 5.74) is 1.58. The molecule has 0 saturated carbocycles. The number of nitrogens with one attached hydrogen (secondary N) is 1. The maximum absolute atomic E-state index is 10.2. The number of para-hydroxylation sites is 2. The monoisotopic (exact) mass is 321 g/mol. The molecule has 0 aliphatic rings. The molecular formula is C18H15N3O3. The first-order valence-electron chi connectivity index (χ1n) is 7.25. The van der Waals surface area contributed by atoms with E-state index in [0.29, 0.717) is 17.3 Å². The van der Waals surface area contributed by atoms with Gasteiger partial charge in [0.15, 0.2) is 11.6 Å². The highest BCUT2D eigenvalue weighted by Crippen LogP contribution is 2.21. The van der Waals surface area contributed by atoms with Gasteiger partial charge in [-0.15, -0.1) is 0 Å². The zero-order valence-corrected chi connectivity index (χ0v) is 13.0. The predicted octanol–water partition coefficient (Wildman–Crippen LogP) is 3.44. The Labute approximate surface area is 138 Å². The smallest absolute Gasteiger partial charge is 0.152 e. The lowest BCUT2D eigenvalue weighted by molar-refractivity contribution is 0.272. The van der Waals surface area contributed by atoms with Crippen molar-refractivity contribution in [3.8, 4) is 17.6 Å². The van der Waals surface area contributed by atoms with Crippen LogP contribution in [0.15, 0.2) is 54.3 Å². The van der Waals surface area contributed by atoms with Crippen LogP contribution in [0.4, 0.5) is 0 Å². The SMILES string of the molecule is COc1ccc(OCC(O)=C(C#N)c2nc3ccccc3[nH]2)cc1. The molecule has 0 atom stereocenters. The van der Waals surface area contributed by atoms with Crippen LogP contribution in [0.1, 0.15) is 5.82 Å². The number of aromatic nitrogens is 2. The minimum atomic E-state index is -0.188. The number of nitrogens with zero attached hydrogens (tertiary/aromatic N) is 2. The molecule has 1 aromatic heterocycles. The molecule has 3 aromatic rings. The Morgan fingerprint density at radius 1 is 1.17 bits per heavy atom. The lowest BCUT2D eigenvalue weighted by Crippen LogP contribution is -2.04. The highest BCUT2D eigenvalue weighted by molar-refractivity contribution is 5.82. The van der Waals surface area contributed by atoms with Crippen molar-refractivity contribution in [3.05, 3.63) is 60.1 Å². The summed E-state index contributed by atoms with van der Waals surface area (Å²) >= 11 is 0. The second kappa shape index (κ2) is 6.75. The fourth-order valence-corrected chi connectivity index (χ4v) is 2.22. The van der Waals surface area contributed by atoms with Crippen molar-refractivity contribution in [3.63, 3.8) is 0 Å². The second-order valence-electron chi connectivity index (χ2n) is 5.00. The molecule has 0 saturated heterocycles. The van der Waals surface area contributed by atoms with Gasteiger partial charge in [0, 0.05) is 0 Å². The molecule has 6 nitrogen and oxygen atoms in total. The van der Waals surface area contributed by atoms with E-state index in [1.807, 2.05) is 30.3 Å². The van der Waals surface area contributed by atoms with E-state index in [9.17, 15) is 10.4 Å². The molecule has 6 heteroatoms. The van der Waals surface area contributed by atoms with E-state index in [2.05, 4.69) is 9.97 Å². The Morgan fingerprint density at radius 3 is 2.54 bits per heavy atom. The Balaban J connectivity index is 1.80. The van der Waals surface area contributed by atoms with E-state index in [1.165, 1.54) is 0 Å². The minimum absolute atomic E-state index is 0.0553. The van der Waals surface area contributed by atoms with Crippen LogP contribution in [0.5, 0.6) is 11.5 Å². The lowest BCUT2D eigenvalue weighted by atomic mass is 10.2. The third-order valence-electron chi connectivity index (χ3n) is 3.46. The third-order valence-corrected chi connectivity index (χ3v) is 3.46. The number of nitriles is 1. The molecule has 1 heterocycles. The van der Waals surface area contributed by atoms with Crippen molar-refractivity contribution < 1.29 is 14.6 Å². The minimum Gasteiger partial charge on any atom is -0.507 e. The number of aromatic amines is 1. The average Bonchev–Trinajstić information content (AvgIpc) is 3.04. The second-order valence-corrected chi connectivity index (χ2v) is 5.00. The molecule has 24 heavy (non-hydrogen) atoms. The number of rotatable bonds is 5. The number of allylic oxidation sites excluding steroid dienone is 1. The zero-order valence-electron chi connectivity index (χ0n) is 13.0. The first kappa shape index (κ1) is 15.4. The Morgan fingerprint density at radius 2 is 1.88 bits per heavy atom. The molecule has 0 fully saturated rings. The van der Waals surface area contributed by atoms with E-state index >= 15 is 0 Å². The number of hydrogen-bond acceptors (Lipinski definition) is 5. The number of ether oxygens (including phenoxy) is 2. The quantitative estimate of drug-likeness (QED) is 0.555. The van der Waals surface area contributed by atoms with Gasteiger partial charge in [0.25, 0.3) is 0 Å². The number of fused-ring (bicyclic) bond motifs is 1. The van der Waals surface area contributed by atoms with Gasteiger partial charge in [-0.05, 0) is 36.4 Å². The van der Waals surface area contributed by atoms with Crippen LogP contribution in [-0.2, 0) is 0 Å². The lowest BCUT2D eigenvalue weighted by Gasteiger charge is -2.07. The summed E-state index contributed by atoms with van der Waals surface area (Å²) < 4.78 is 10.6. The van der Waals surface area contributed by atoms with E-state index in [0.717, 1.165) is 11.0 Å². The third kappa shape index (κ3) is 3.15. The maximum atomic E-state index is 10.2. The molecule has 3 rings (SSSR count). The van der Waals surface area contributed by atoms with Gasteiger partial charge in [-0.25, -0.2) is 4.98 Å². The van der Waals surface area contributed by atoms with Crippen molar-refractivity contribution in [1.29, 1.82) is 5.26 Å². The Hall–Kier alpha value is -3.46. The molecule has 0 unspecified atom stereocenters. The number of aliphatic hydroxyl groups is 1. The molecule has 0 radical (unpaired) electrons. The summed E-state index contributed by atoms with van der Waals surface area (Å²) in [6, 6.07) is 16.3. The van der Waals surface area contributed by atoms with E-state index in [1.54, 1.807) is 31.4 Å². The first-order chi connectivity index (χ1) is 11.7. The molecule has 2 aromatic carbocycles. The summed E-state index contributed by atoms with van der Waals surface area (Å²) in [5, 5.41) is 19.5. The van der Waals surface area contributed by atoms with Crippen LogP contribution in [0.2, 0.25) is 0 Å². The molecule has 0 amide bonds. The van der Waals surface area contributed by atoms with Crippen LogP contribution in [0.25, 0.3) is 16.6 Å². The highest BCUT2D eigenvalue weighted by Gasteiger charge is 2.13. The fourth-order valence-electron chi connectivity index (χ4n) is 2.22. The van der Waals surface area contributed by atoms with Crippen molar-refractivity contribution >= 4 is 16.6 Å². The van der Waals surface area contributed by atoms with Crippen LogP contribution < -0.4 is 9.47 Å². The summed E-state index contributed by atoms with van der Waals surface area (Å²) in [6.07, 6.45) is 0. The van der Waals surface area contributed by atoms with Crippen molar-refractivity contribution in [2.24, 2.45) is 0 Å². The summed E-state index contributed by atoms with van der Waals surface area (Å²) in [5.74, 6) is 1.40. The van der Waals surface area contributed by atoms with Gasteiger partial charge in [0.1, 0.15) is 29.7 Å². The van der Waals surface area contributed by atoms with Gasteiger partial charge in [-0.1, -0.05) is 12.1 Å².